The number of hydrogen-bond acceptors (Lipinski definition) is 3. The van der Waals surface area contributed by atoms with Crippen molar-refractivity contribution in [1.29, 1.82) is 5.41 Å². The summed E-state index contributed by atoms with van der Waals surface area (Å²) in [6.45, 7) is 6.09. The molecule has 0 bridgehead atoms. The number of allylic oxidation sites excluding steroid dienone is 1. The molecule has 4 N–H and O–H groups in total. The van der Waals surface area contributed by atoms with E-state index in [1.165, 1.54) is 6.21 Å². The van der Waals surface area contributed by atoms with Crippen molar-refractivity contribution in [3.8, 4) is 0 Å². The second-order valence-electron chi connectivity index (χ2n) is 6.94. The number of nitrogens with one attached hydrogen (secondary N) is 1. The molecule has 0 aliphatic rings. The number of benzene rings is 3. The third-order valence-corrected chi connectivity index (χ3v) is 5.43. The standard InChI is InChI=1S/C26H23ClN2O2.C2H6/c1-2-20(18-6-4-3-5-7-18)25(21-13-14-23(29)22(16-28)26(21)27)19-11-8-17(9-12-19)10-15-24(30)31;1-2/h3-16,28H,2,29H2,1H3,(H,30,31);1-2H3/b15-10+,25-20+,28-16?;. The average molecular weight is 461 g/mol. The largest absolute Gasteiger partial charge is 0.478 e. The Morgan fingerprint density at radius 3 is 2.18 bits per heavy atom. The summed E-state index contributed by atoms with van der Waals surface area (Å²) in [5, 5.41) is 17.0. The Kier molecular flexibility index (Phi) is 9.64. The fourth-order valence-corrected chi connectivity index (χ4v) is 3.85. The minimum atomic E-state index is -0.991. The van der Waals surface area contributed by atoms with Crippen LogP contribution in [0.25, 0.3) is 17.2 Å². The lowest BCUT2D eigenvalue weighted by Gasteiger charge is -2.19. The molecule has 0 aromatic heterocycles. The van der Waals surface area contributed by atoms with Crippen LogP contribution in [0.4, 0.5) is 5.69 Å². The second-order valence-corrected chi connectivity index (χ2v) is 7.32. The van der Waals surface area contributed by atoms with E-state index in [4.69, 9.17) is 27.9 Å². The van der Waals surface area contributed by atoms with E-state index < -0.39 is 5.97 Å². The van der Waals surface area contributed by atoms with Crippen LogP contribution >= 0.6 is 11.6 Å². The molecule has 0 saturated carbocycles. The van der Waals surface area contributed by atoms with Crippen LogP contribution < -0.4 is 5.73 Å². The quantitative estimate of drug-likeness (QED) is 0.148. The lowest BCUT2D eigenvalue weighted by molar-refractivity contribution is -0.131. The molecule has 4 nitrogen and oxygen atoms in total. The summed E-state index contributed by atoms with van der Waals surface area (Å²) in [4.78, 5) is 10.8. The monoisotopic (exact) mass is 460 g/mol. The number of anilines is 1. The molecule has 0 fully saturated rings. The topological polar surface area (TPSA) is 87.2 Å². The van der Waals surface area contributed by atoms with E-state index in [-0.39, 0.29) is 0 Å². The van der Waals surface area contributed by atoms with Gasteiger partial charge in [0.2, 0.25) is 0 Å². The lowest BCUT2D eigenvalue weighted by atomic mass is 9.87. The number of halogens is 1. The van der Waals surface area contributed by atoms with Gasteiger partial charge < -0.3 is 16.2 Å². The summed E-state index contributed by atoms with van der Waals surface area (Å²) in [7, 11) is 0. The number of nitrogen functional groups attached to an aromatic ring is 1. The highest BCUT2D eigenvalue weighted by atomic mass is 35.5. The Morgan fingerprint density at radius 1 is 1.00 bits per heavy atom. The van der Waals surface area contributed by atoms with E-state index in [0.717, 1.165) is 45.9 Å². The molecule has 3 rings (SSSR count). The van der Waals surface area contributed by atoms with E-state index in [0.29, 0.717) is 16.3 Å². The highest BCUT2D eigenvalue weighted by Gasteiger charge is 2.18. The molecule has 0 aliphatic heterocycles. The summed E-state index contributed by atoms with van der Waals surface area (Å²) >= 11 is 6.72. The van der Waals surface area contributed by atoms with Crippen LogP contribution in [0.1, 0.15) is 55.0 Å². The molecule has 0 saturated heterocycles. The Labute approximate surface area is 200 Å². The SMILES string of the molecule is CC.CC/C(=C(/c1ccc(/C=C/C(=O)O)cc1)c1ccc(N)c(C=N)c1Cl)c1ccccc1. The number of carbonyl (C=O) groups is 1. The van der Waals surface area contributed by atoms with Gasteiger partial charge >= 0.3 is 5.97 Å². The lowest BCUT2D eigenvalue weighted by Crippen LogP contribution is -2.01. The van der Waals surface area contributed by atoms with Gasteiger partial charge in [-0.25, -0.2) is 4.79 Å². The van der Waals surface area contributed by atoms with Gasteiger partial charge in [0.05, 0.1) is 5.02 Å². The zero-order valence-corrected chi connectivity index (χ0v) is 19.9. The molecule has 0 heterocycles. The van der Waals surface area contributed by atoms with Crippen LogP contribution in [0.3, 0.4) is 0 Å². The van der Waals surface area contributed by atoms with Crippen LogP contribution in [0.5, 0.6) is 0 Å². The van der Waals surface area contributed by atoms with Gasteiger partial charge in [0.15, 0.2) is 0 Å². The summed E-state index contributed by atoms with van der Waals surface area (Å²) in [6, 6.07) is 21.4. The van der Waals surface area contributed by atoms with E-state index in [9.17, 15) is 4.79 Å². The zero-order valence-electron chi connectivity index (χ0n) is 19.1. The first-order valence-corrected chi connectivity index (χ1v) is 11.2. The second kappa shape index (κ2) is 12.4. The average Bonchev–Trinajstić information content (AvgIpc) is 2.84. The molecule has 33 heavy (non-hydrogen) atoms. The van der Waals surface area contributed by atoms with Crippen LogP contribution in [0.2, 0.25) is 5.02 Å². The third kappa shape index (κ3) is 6.21. The summed E-state index contributed by atoms with van der Waals surface area (Å²) < 4.78 is 0. The molecule has 5 heteroatoms. The van der Waals surface area contributed by atoms with Gasteiger partial charge in [-0.2, -0.15) is 0 Å². The van der Waals surface area contributed by atoms with Gasteiger partial charge in [0.25, 0.3) is 0 Å². The zero-order chi connectivity index (χ0) is 24.4. The van der Waals surface area contributed by atoms with E-state index in [1.807, 2.05) is 62.4 Å². The van der Waals surface area contributed by atoms with Gasteiger partial charge in [-0.3, -0.25) is 0 Å². The van der Waals surface area contributed by atoms with Crippen LogP contribution in [0.15, 0.2) is 72.8 Å². The predicted octanol–water partition coefficient (Wildman–Crippen LogP) is 7.41. The van der Waals surface area contributed by atoms with Crippen molar-refractivity contribution in [3.63, 3.8) is 0 Å². The molecule has 0 radical (unpaired) electrons. The van der Waals surface area contributed by atoms with Crippen molar-refractivity contribution < 1.29 is 9.90 Å². The third-order valence-electron chi connectivity index (χ3n) is 5.02. The summed E-state index contributed by atoms with van der Waals surface area (Å²) in [6.07, 6.45) is 4.60. The molecule has 0 unspecified atom stereocenters. The highest BCUT2D eigenvalue weighted by Crippen LogP contribution is 2.39. The number of rotatable bonds is 7. The normalized spacial score (nSPS) is 11.4. The molecule has 0 atom stereocenters. The molecular weight excluding hydrogens is 432 g/mol. The predicted molar refractivity (Wildman–Crippen MR) is 141 cm³/mol. The molecular formula is C28H29ClN2O2. The molecule has 170 valence electrons. The molecule has 0 amide bonds. The van der Waals surface area contributed by atoms with Gasteiger partial charge in [0.1, 0.15) is 0 Å². The van der Waals surface area contributed by atoms with Gasteiger partial charge in [-0.1, -0.05) is 93.0 Å². The van der Waals surface area contributed by atoms with Crippen molar-refractivity contribution in [2.24, 2.45) is 0 Å². The molecule has 3 aromatic rings. The number of nitrogens with two attached hydrogens (primary N) is 1. The van der Waals surface area contributed by atoms with E-state index >= 15 is 0 Å². The van der Waals surface area contributed by atoms with E-state index in [1.54, 1.807) is 12.1 Å². The molecule has 3 aromatic carbocycles. The van der Waals surface area contributed by atoms with E-state index in [2.05, 4.69) is 19.1 Å². The van der Waals surface area contributed by atoms with Crippen molar-refractivity contribution >= 4 is 46.7 Å². The van der Waals surface area contributed by atoms with Gasteiger partial charge in [0, 0.05) is 29.1 Å². The minimum Gasteiger partial charge on any atom is -0.478 e. The van der Waals surface area contributed by atoms with Crippen molar-refractivity contribution in [2.45, 2.75) is 27.2 Å². The van der Waals surface area contributed by atoms with Crippen molar-refractivity contribution in [3.05, 3.63) is 106 Å². The fraction of sp³-hybridized carbons (Fsp3) is 0.143. The van der Waals surface area contributed by atoms with Crippen LogP contribution in [-0.4, -0.2) is 17.3 Å². The number of hydrogen-bond donors (Lipinski definition) is 3. The Bertz CT molecular complexity index is 1160. The van der Waals surface area contributed by atoms with Gasteiger partial charge in [-0.05, 0) is 46.4 Å². The number of aliphatic carboxylic acids is 1. The first-order chi connectivity index (χ1) is 16.0. The number of carboxylic acids is 1. The molecule has 0 spiro atoms. The maximum absolute atomic E-state index is 10.8. The summed E-state index contributed by atoms with van der Waals surface area (Å²) in [5.74, 6) is -0.991. The van der Waals surface area contributed by atoms with Gasteiger partial charge in [-0.15, -0.1) is 0 Å². The number of carboxylic acid groups (broad SMARTS) is 1. The van der Waals surface area contributed by atoms with Crippen molar-refractivity contribution in [2.75, 3.05) is 5.73 Å². The Morgan fingerprint density at radius 2 is 1.64 bits per heavy atom. The maximum atomic E-state index is 10.8. The first kappa shape index (κ1) is 25.6. The van der Waals surface area contributed by atoms with Crippen molar-refractivity contribution in [1.82, 2.24) is 0 Å². The minimum absolute atomic E-state index is 0.432. The van der Waals surface area contributed by atoms with Crippen LogP contribution in [0, 0.1) is 5.41 Å². The fourth-order valence-electron chi connectivity index (χ4n) is 3.53. The Hall–Kier alpha value is -3.63. The molecule has 0 aliphatic carbocycles. The first-order valence-electron chi connectivity index (χ1n) is 10.8. The highest BCUT2D eigenvalue weighted by molar-refractivity contribution is 6.36. The summed E-state index contributed by atoms with van der Waals surface area (Å²) in [5.41, 5.74) is 12.6. The smallest absolute Gasteiger partial charge is 0.328 e. The van der Waals surface area contributed by atoms with Crippen LogP contribution in [-0.2, 0) is 4.79 Å². The maximum Gasteiger partial charge on any atom is 0.328 e. The Balaban J connectivity index is 0.00000187.